The molecule has 0 saturated heterocycles. The van der Waals surface area contributed by atoms with Crippen LogP contribution in [0.1, 0.15) is 64.1 Å². The maximum absolute atomic E-state index is 13.7. The maximum atomic E-state index is 13.7. The highest BCUT2D eigenvalue weighted by atomic mass is 32.2. The van der Waals surface area contributed by atoms with Gasteiger partial charge in [-0.3, -0.25) is 9.59 Å². The van der Waals surface area contributed by atoms with Crippen molar-refractivity contribution in [1.82, 2.24) is 15.5 Å². The zero-order valence-corrected chi connectivity index (χ0v) is 22.0. The minimum Gasteiger partial charge on any atom is -0.444 e. The molecule has 0 aliphatic carbocycles. The molecule has 0 bridgehead atoms. The minimum atomic E-state index is -0.998. The summed E-state index contributed by atoms with van der Waals surface area (Å²) in [7, 11) is 0. The van der Waals surface area contributed by atoms with E-state index in [4.69, 9.17) is 4.74 Å². The van der Waals surface area contributed by atoms with E-state index in [-0.39, 0.29) is 12.5 Å². The van der Waals surface area contributed by atoms with E-state index in [0.717, 1.165) is 18.4 Å². The number of hydrogen-bond acceptors (Lipinski definition) is 6. The molecule has 0 aliphatic rings. The number of nitrogens with one attached hydrogen (secondary N) is 2. The Hall–Kier alpha value is -2.73. The number of rotatable bonds is 12. The van der Waals surface area contributed by atoms with Gasteiger partial charge in [0.15, 0.2) is 0 Å². The van der Waals surface area contributed by atoms with Crippen LogP contribution in [-0.4, -0.2) is 59.5 Å². The number of hydrogen-bond donors (Lipinski definition) is 2. The van der Waals surface area contributed by atoms with E-state index in [2.05, 4.69) is 10.6 Å². The van der Waals surface area contributed by atoms with Gasteiger partial charge in [-0.2, -0.15) is 17.0 Å². The molecule has 1 aromatic rings. The lowest BCUT2D eigenvalue weighted by atomic mass is 10.0. The first kappa shape index (κ1) is 29.3. The van der Waals surface area contributed by atoms with E-state index in [1.165, 1.54) is 16.7 Å². The highest BCUT2D eigenvalue weighted by molar-refractivity contribution is 7.98. The Morgan fingerprint density at radius 2 is 1.85 bits per heavy atom. The Morgan fingerprint density at radius 1 is 1.21 bits per heavy atom. The molecule has 0 spiro atoms. The number of ether oxygens (including phenoxy) is 1. The molecule has 8 nitrogen and oxygen atoms in total. The third kappa shape index (κ3) is 10.0. The highest BCUT2D eigenvalue weighted by Crippen LogP contribution is 2.24. The average molecular weight is 491 g/mol. The number of nitriles is 1. The quantitative estimate of drug-likeness (QED) is 0.339. The molecular weight excluding hydrogens is 452 g/mol. The van der Waals surface area contributed by atoms with Crippen molar-refractivity contribution in [3.63, 3.8) is 0 Å². The molecule has 0 aliphatic heterocycles. The van der Waals surface area contributed by atoms with Crippen molar-refractivity contribution in [2.75, 3.05) is 25.1 Å². The number of benzene rings is 1. The van der Waals surface area contributed by atoms with Gasteiger partial charge in [0, 0.05) is 6.54 Å². The predicted octanol–water partition coefficient (Wildman–Crippen LogP) is 3.95. The second-order valence-electron chi connectivity index (χ2n) is 9.06. The van der Waals surface area contributed by atoms with E-state index in [9.17, 15) is 19.6 Å². The monoisotopic (exact) mass is 490 g/mol. The summed E-state index contributed by atoms with van der Waals surface area (Å²) in [5.74, 6) is -0.260. The van der Waals surface area contributed by atoms with Gasteiger partial charge in [0.2, 0.25) is 11.8 Å². The van der Waals surface area contributed by atoms with Crippen molar-refractivity contribution in [2.45, 2.75) is 71.6 Å². The second-order valence-corrected chi connectivity index (χ2v) is 10.0. The van der Waals surface area contributed by atoms with Gasteiger partial charge in [-0.15, -0.1) is 0 Å². The lowest BCUT2D eigenvalue weighted by Crippen LogP contribution is -2.53. The molecule has 2 atom stereocenters. The van der Waals surface area contributed by atoms with Crippen molar-refractivity contribution in [2.24, 2.45) is 0 Å². The molecule has 0 saturated carbocycles. The van der Waals surface area contributed by atoms with Gasteiger partial charge in [-0.1, -0.05) is 43.2 Å². The van der Waals surface area contributed by atoms with Crippen LogP contribution >= 0.6 is 11.8 Å². The van der Waals surface area contributed by atoms with Gasteiger partial charge in [-0.05, 0) is 58.1 Å². The van der Waals surface area contributed by atoms with Gasteiger partial charge in [0.25, 0.3) is 0 Å². The van der Waals surface area contributed by atoms with Crippen LogP contribution < -0.4 is 10.6 Å². The molecule has 188 valence electrons. The molecule has 34 heavy (non-hydrogen) atoms. The molecule has 0 aromatic heterocycles. The summed E-state index contributed by atoms with van der Waals surface area (Å²) in [5, 5.41) is 15.1. The number of amides is 3. The Balaban J connectivity index is 3.33. The molecule has 1 rings (SSSR count). The number of carbonyl (C=O) groups is 3. The molecule has 3 amide bonds. The van der Waals surface area contributed by atoms with Crippen LogP contribution in [0.4, 0.5) is 4.79 Å². The summed E-state index contributed by atoms with van der Waals surface area (Å²) in [6.45, 7) is 9.34. The van der Waals surface area contributed by atoms with Crippen LogP contribution in [0.15, 0.2) is 24.3 Å². The van der Waals surface area contributed by atoms with Crippen LogP contribution in [0.25, 0.3) is 0 Å². The van der Waals surface area contributed by atoms with Crippen LogP contribution in [0.2, 0.25) is 0 Å². The molecule has 0 radical (unpaired) electrons. The summed E-state index contributed by atoms with van der Waals surface area (Å²) in [6.07, 6.45) is 3.22. The Bertz CT molecular complexity index is 846. The third-order valence-electron chi connectivity index (χ3n) is 4.91. The van der Waals surface area contributed by atoms with Gasteiger partial charge >= 0.3 is 6.09 Å². The topological polar surface area (TPSA) is 112 Å². The molecule has 2 N–H and O–H groups in total. The summed E-state index contributed by atoms with van der Waals surface area (Å²) in [5.41, 5.74) is 0.883. The summed E-state index contributed by atoms with van der Waals surface area (Å²) >= 11 is 1.53. The van der Waals surface area contributed by atoms with Gasteiger partial charge in [0.05, 0.1) is 6.07 Å². The number of aryl methyl sites for hydroxylation is 1. The van der Waals surface area contributed by atoms with Crippen molar-refractivity contribution >= 4 is 29.7 Å². The lowest BCUT2D eigenvalue weighted by Gasteiger charge is -2.33. The van der Waals surface area contributed by atoms with Crippen LogP contribution in [-0.2, 0) is 14.3 Å². The summed E-state index contributed by atoms with van der Waals surface area (Å²) < 4.78 is 5.34. The second kappa shape index (κ2) is 14.5. The van der Waals surface area contributed by atoms with E-state index < -0.39 is 29.7 Å². The van der Waals surface area contributed by atoms with Crippen molar-refractivity contribution in [3.8, 4) is 6.07 Å². The summed E-state index contributed by atoms with van der Waals surface area (Å²) in [4.78, 5) is 40.6. The molecule has 1 aromatic carbocycles. The van der Waals surface area contributed by atoms with Gasteiger partial charge in [0.1, 0.15) is 24.2 Å². The zero-order chi connectivity index (χ0) is 25.7. The first-order chi connectivity index (χ1) is 16.0. The molecule has 9 heteroatoms. The highest BCUT2D eigenvalue weighted by Gasteiger charge is 2.36. The Labute approximate surface area is 207 Å². The number of carbonyl (C=O) groups excluding carboxylic acids is 3. The Morgan fingerprint density at radius 3 is 2.38 bits per heavy atom. The van der Waals surface area contributed by atoms with Crippen molar-refractivity contribution < 1.29 is 19.1 Å². The fourth-order valence-corrected chi connectivity index (χ4v) is 3.69. The first-order valence-electron chi connectivity index (χ1n) is 11.5. The fourth-order valence-electron chi connectivity index (χ4n) is 3.22. The minimum absolute atomic E-state index is 0.301. The van der Waals surface area contributed by atoms with E-state index in [0.29, 0.717) is 24.3 Å². The Kier molecular flexibility index (Phi) is 12.5. The smallest absolute Gasteiger partial charge is 0.408 e. The normalized spacial score (nSPS) is 12.7. The predicted molar refractivity (Wildman–Crippen MR) is 135 cm³/mol. The summed E-state index contributed by atoms with van der Waals surface area (Å²) in [6, 6.07) is 7.37. The average Bonchev–Trinajstić information content (AvgIpc) is 2.76. The number of nitrogens with zero attached hydrogens (tertiary/aromatic N) is 2. The van der Waals surface area contributed by atoms with Crippen LogP contribution in [0, 0.1) is 18.3 Å². The van der Waals surface area contributed by atoms with E-state index >= 15 is 0 Å². The van der Waals surface area contributed by atoms with Crippen molar-refractivity contribution in [3.05, 3.63) is 35.4 Å². The van der Waals surface area contributed by atoms with Crippen LogP contribution in [0.3, 0.4) is 0 Å². The largest absolute Gasteiger partial charge is 0.444 e. The standard InChI is InChI=1S/C25H38N4O4S/c1-7-8-15-27-22(30)21(19-11-9-18(2)10-12-19)29(16-14-26)23(31)20(13-17-34-6)28-24(32)33-25(3,4)5/h9-12,20-21H,7-8,13,15-17H2,1-6H3,(H,27,30)(H,28,32). The lowest BCUT2D eigenvalue weighted by molar-refractivity contribution is -0.141. The van der Waals surface area contributed by atoms with Crippen molar-refractivity contribution in [1.29, 1.82) is 5.26 Å². The first-order valence-corrected chi connectivity index (χ1v) is 12.9. The zero-order valence-electron chi connectivity index (χ0n) is 21.1. The van der Waals surface area contributed by atoms with Gasteiger partial charge < -0.3 is 20.3 Å². The molecule has 2 unspecified atom stereocenters. The molecular formula is C25H38N4O4S. The number of alkyl carbamates (subject to hydrolysis) is 1. The number of thioether (sulfide) groups is 1. The van der Waals surface area contributed by atoms with Crippen LogP contribution in [0.5, 0.6) is 0 Å². The fraction of sp³-hybridized carbons (Fsp3) is 0.600. The third-order valence-corrected chi connectivity index (χ3v) is 5.55. The maximum Gasteiger partial charge on any atom is 0.408 e. The molecule has 0 heterocycles. The van der Waals surface area contributed by atoms with E-state index in [1.54, 1.807) is 32.9 Å². The van der Waals surface area contributed by atoms with Gasteiger partial charge in [-0.25, -0.2) is 4.79 Å². The van der Waals surface area contributed by atoms with E-state index in [1.807, 2.05) is 38.3 Å². The number of unbranched alkanes of at least 4 members (excludes halogenated alkanes) is 1. The molecule has 0 fully saturated rings. The SMILES string of the molecule is CCCCNC(=O)C(c1ccc(C)cc1)N(CC#N)C(=O)C(CCSC)NC(=O)OC(C)(C)C.